The Kier molecular flexibility index (Phi) is 5.20. The third kappa shape index (κ3) is 3.68. The summed E-state index contributed by atoms with van der Waals surface area (Å²) in [6.07, 6.45) is 2.47. The van der Waals surface area contributed by atoms with Gasteiger partial charge in [-0.2, -0.15) is 0 Å². The molecule has 0 saturated carbocycles. The highest BCUT2D eigenvalue weighted by molar-refractivity contribution is 5.96. The highest BCUT2D eigenvalue weighted by Crippen LogP contribution is 2.40. The van der Waals surface area contributed by atoms with Gasteiger partial charge in [-0.25, -0.2) is 4.79 Å². The molecular weight excluding hydrogens is 376 g/mol. The number of fused-ring (bicyclic) bond motifs is 1. The maximum Gasteiger partial charge on any atom is 0.334 e. The van der Waals surface area contributed by atoms with Crippen molar-refractivity contribution in [1.82, 2.24) is 0 Å². The number of rotatable bonds is 6. The number of ether oxygens (including phenoxy) is 6. The lowest BCUT2D eigenvalue weighted by Crippen LogP contribution is -2.07. The maximum atomic E-state index is 12.4. The van der Waals surface area contributed by atoms with E-state index in [0.717, 1.165) is 22.6 Å². The highest BCUT2D eigenvalue weighted by atomic mass is 16.7. The van der Waals surface area contributed by atoms with Crippen LogP contribution in [0.25, 0.3) is 6.08 Å². The van der Waals surface area contributed by atoms with Crippen LogP contribution in [0, 0.1) is 5.92 Å². The minimum atomic E-state index is -0.315. The fraction of sp³-hybridized carbons (Fsp3) is 0.318. The number of hydrogen-bond donors (Lipinski definition) is 0. The average Bonchev–Trinajstić information content (AvgIpc) is 3.34. The SMILES string of the molecule is COc1cc(/C=C2/C(=O)OCC2Cc2ccc3c(c2)OCO3)cc(OC)c1OC. The molecule has 1 atom stereocenters. The summed E-state index contributed by atoms with van der Waals surface area (Å²) in [6, 6.07) is 9.42. The number of benzene rings is 2. The van der Waals surface area contributed by atoms with Gasteiger partial charge in [0.25, 0.3) is 0 Å². The Morgan fingerprint density at radius 2 is 1.69 bits per heavy atom. The smallest absolute Gasteiger partial charge is 0.334 e. The summed E-state index contributed by atoms with van der Waals surface area (Å²) in [7, 11) is 4.66. The number of carbonyl (C=O) groups is 1. The lowest BCUT2D eigenvalue weighted by atomic mass is 9.92. The van der Waals surface area contributed by atoms with E-state index in [1.807, 2.05) is 24.3 Å². The van der Waals surface area contributed by atoms with Gasteiger partial charge >= 0.3 is 5.97 Å². The predicted octanol–water partition coefficient (Wildman–Crippen LogP) is 3.24. The van der Waals surface area contributed by atoms with Crippen LogP contribution in [0.2, 0.25) is 0 Å². The molecule has 152 valence electrons. The molecule has 1 unspecified atom stereocenters. The molecule has 0 N–H and O–H groups in total. The first-order valence-corrected chi connectivity index (χ1v) is 9.20. The van der Waals surface area contributed by atoms with Crippen LogP contribution in [-0.2, 0) is 16.0 Å². The molecule has 29 heavy (non-hydrogen) atoms. The van der Waals surface area contributed by atoms with Crippen molar-refractivity contribution in [3.8, 4) is 28.7 Å². The van der Waals surface area contributed by atoms with Crippen molar-refractivity contribution in [2.75, 3.05) is 34.7 Å². The van der Waals surface area contributed by atoms with Gasteiger partial charge in [-0.05, 0) is 47.9 Å². The summed E-state index contributed by atoms with van der Waals surface area (Å²) in [4.78, 5) is 12.4. The zero-order valence-corrected chi connectivity index (χ0v) is 16.5. The number of methoxy groups -OCH3 is 3. The van der Waals surface area contributed by atoms with Gasteiger partial charge in [-0.1, -0.05) is 6.07 Å². The zero-order valence-electron chi connectivity index (χ0n) is 16.5. The maximum absolute atomic E-state index is 12.4. The predicted molar refractivity (Wildman–Crippen MR) is 105 cm³/mol. The van der Waals surface area contributed by atoms with Gasteiger partial charge in [-0.3, -0.25) is 0 Å². The number of hydrogen-bond acceptors (Lipinski definition) is 7. The molecule has 2 aliphatic heterocycles. The van der Waals surface area contributed by atoms with Crippen molar-refractivity contribution in [1.29, 1.82) is 0 Å². The lowest BCUT2D eigenvalue weighted by molar-refractivity contribution is -0.135. The summed E-state index contributed by atoms with van der Waals surface area (Å²) < 4.78 is 32.3. The Labute approximate surface area is 168 Å². The van der Waals surface area contributed by atoms with Crippen LogP contribution in [0.15, 0.2) is 35.9 Å². The molecule has 2 aliphatic rings. The van der Waals surface area contributed by atoms with E-state index >= 15 is 0 Å². The van der Waals surface area contributed by atoms with Gasteiger partial charge < -0.3 is 28.4 Å². The van der Waals surface area contributed by atoms with Gasteiger partial charge in [0.2, 0.25) is 12.5 Å². The average molecular weight is 398 g/mol. The van der Waals surface area contributed by atoms with Crippen molar-refractivity contribution < 1.29 is 33.2 Å². The molecule has 1 saturated heterocycles. The van der Waals surface area contributed by atoms with Crippen molar-refractivity contribution in [2.45, 2.75) is 6.42 Å². The van der Waals surface area contributed by atoms with E-state index in [0.29, 0.717) is 35.8 Å². The molecule has 0 spiro atoms. The third-order valence-electron chi connectivity index (χ3n) is 5.02. The van der Waals surface area contributed by atoms with Crippen LogP contribution < -0.4 is 23.7 Å². The summed E-state index contributed by atoms with van der Waals surface area (Å²) in [5.41, 5.74) is 2.43. The Balaban J connectivity index is 1.63. The van der Waals surface area contributed by atoms with E-state index in [-0.39, 0.29) is 18.7 Å². The van der Waals surface area contributed by atoms with Crippen molar-refractivity contribution in [2.24, 2.45) is 5.92 Å². The van der Waals surface area contributed by atoms with Gasteiger partial charge in [0.05, 0.1) is 27.9 Å². The molecule has 0 amide bonds. The van der Waals surface area contributed by atoms with E-state index in [1.54, 1.807) is 33.5 Å². The lowest BCUT2D eigenvalue weighted by Gasteiger charge is -2.14. The van der Waals surface area contributed by atoms with Gasteiger partial charge in [-0.15, -0.1) is 0 Å². The Bertz CT molecular complexity index is 939. The fourth-order valence-electron chi connectivity index (χ4n) is 3.58. The highest BCUT2D eigenvalue weighted by Gasteiger charge is 2.31. The van der Waals surface area contributed by atoms with E-state index in [4.69, 9.17) is 28.4 Å². The second kappa shape index (κ2) is 7.95. The largest absolute Gasteiger partial charge is 0.493 e. The van der Waals surface area contributed by atoms with Crippen LogP contribution in [0.5, 0.6) is 28.7 Å². The van der Waals surface area contributed by atoms with E-state index in [2.05, 4.69) is 0 Å². The van der Waals surface area contributed by atoms with Gasteiger partial charge in [0.15, 0.2) is 23.0 Å². The summed E-state index contributed by atoms with van der Waals surface area (Å²) in [5.74, 6) is 2.63. The van der Waals surface area contributed by atoms with Crippen LogP contribution in [0.4, 0.5) is 0 Å². The Hall–Kier alpha value is -3.35. The van der Waals surface area contributed by atoms with E-state index in [9.17, 15) is 4.79 Å². The summed E-state index contributed by atoms with van der Waals surface area (Å²) in [5, 5.41) is 0. The molecule has 2 aromatic carbocycles. The Morgan fingerprint density at radius 3 is 2.38 bits per heavy atom. The summed E-state index contributed by atoms with van der Waals surface area (Å²) in [6.45, 7) is 0.569. The van der Waals surface area contributed by atoms with Crippen molar-refractivity contribution >= 4 is 12.0 Å². The van der Waals surface area contributed by atoms with E-state index < -0.39 is 0 Å². The molecule has 1 fully saturated rings. The van der Waals surface area contributed by atoms with E-state index in [1.165, 1.54) is 0 Å². The zero-order chi connectivity index (χ0) is 20.4. The molecule has 0 radical (unpaired) electrons. The quantitative estimate of drug-likeness (QED) is 0.546. The number of esters is 1. The molecule has 0 bridgehead atoms. The van der Waals surface area contributed by atoms with Crippen LogP contribution in [0.3, 0.4) is 0 Å². The normalized spacial score (nSPS) is 18.7. The number of cyclic esters (lactones) is 1. The molecule has 7 heteroatoms. The molecule has 4 rings (SSSR count). The molecule has 0 aromatic heterocycles. The first-order valence-electron chi connectivity index (χ1n) is 9.20. The monoisotopic (exact) mass is 398 g/mol. The second-order valence-electron chi connectivity index (χ2n) is 6.75. The van der Waals surface area contributed by atoms with Crippen LogP contribution in [-0.4, -0.2) is 40.7 Å². The molecular formula is C22H22O7. The third-order valence-corrected chi connectivity index (χ3v) is 5.02. The standard InChI is InChI=1S/C22H22O7/c1-24-19-9-14(10-20(25-2)21(19)26-3)7-16-15(11-27-22(16)23)6-13-4-5-17-18(8-13)29-12-28-17/h4-5,7-10,15H,6,11-12H2,1-3H3/b16-7+. The minimum Gasteiger partial charge on any atom is -0.493 e. The van der Waals surface area contributed by atoms with Gasteiger partial charge in [0.1, 0.15) is 0 Å². The summed E-state index contributed by atoms with van der Waals surface area (Å²) >= 11 is 0. The topological polar surface area (TPSA) is 72.5 Å². The minimum absolute atomic E-state index is 0.0676. The molecule has 2 aromatic rings. The van der Waals surface area contributed by atoms with Gasteiger partial charge in [0, 0.05) is 11.5 Å². The molecule has 7 nitrogen and oxygen atoms in total. The Morgan fingerprint density at radius 1 is 0.966 bits per heavy atom. The second-order valence-corrected chi connectivity index (χ2v) is 6.75. The van der Waals surface area contributed by atoms with Crippen LogP contribution in [0.1, 0.15) is 11.1 Å². The number of carbonyl (C=O) groups excluding carboxylic acids is 1. The van der Waals surface area contributed by atoms with Crippen molar-refractivity contribution in [3.63, 3.8) is 0 Å². The fourth-order valence-corrected chi connectivity index (χ4v) is 3.58. The van der Waals surface area contributed by atoms with Crippen molar-refractivity contribution in [3.05, 3.63) is 47.0 Å². The van der Waals surface area contributed by atoms with Crippen LogP contribution >= 0.6 is 0 Å². The first kappa shape index (κ1) is 19.0. The molecule has 0 aliphatic carbocycles. The molecule has 2 heterocycles. The first-order chi connectivity index (χ1) is 14.1.